The summed E-state index contributed by atoms with van der Waals surface area (Å²) in [6.45, 7) is 0.873. The first-order chi connectivity index (χ1) is 13.0. The molecule has 1 aromatic heterocycles. The van der Waals surface area contributed by atoms with Crippen LogP contribution in [0, 0.1) is 11.3 Å². The standard InChI is InChI=1S/C18H19N3O4S2/c19-12-14-3-5-16(6-4-14)25-13-17(22)21-9-7-15(8-10-21)20-27(23,24)18-2-1-11-26-18/h1-6,11,15,20H,7-10,13H2. The van der Waals surface area contributed by atoms with E-state index in [1.54, 1.807) is 46.7 Å². The summed E-state index contributed by atoms with van der Waals surface area (Å²) in [5, 5.41) is 10.5. The van der Waals surface area contributed by atoms with Crippen molar-refractivity contribution in [1.82, 2.24) is 9.62 Å². The monoisotopic (exact) mass is 405 g/mol. The first kappa shape index (κ1) is 19.4. The molecule has 0 saturated carbocycles. The number of likely N-dealkylation sites (tertiary alicyclic amines) is 1. The van der Waals surface area contributed by atoms with E-state index >= 15 is 0 Å². The van der Waals surface area contributed by atoms with Crippen LogP contribution >= 0.6 is 11.3 Å². The number of carbonyl (C=O) groups excluding carboxylic acids is 1. The maximum atomic E-state index is 12.3. The normalized spacial score (nSPS) is 15.3. The predicted molar refractivity (Wildman–Crippen MR) is 101 cm³/mol. The van der Waals surface area contributed by atoms with E-state index in [4.69, 9.17) is 10.00 Å². The van der Waals surface area contributed by atoms with Crippen molar-refractivity contribution in [3.63, 3.8) is 0 Å². The quantitative estimate of drug-likeness (QED) is 0.792. The Bertz CT molecular complexity index is 911. The van der Waals surface area contributed by atoms with Crippen molar-refractivity contribution in [2.45, 2.75) is 23.1 Å². The minimum Gasteiger partial charge on any atom is -0.484 e. The smallest absolute Gasteiger partial charge is 0.260 e. The maximum absolute atomic E-state index is 12.3. The Labute approximate surface area is 162 Å². The Hall–Kier alpha value is -2.41. The summed E-state index contributed by atoms with van der Waals surface area (Å²) in [6, 6.07) is 11.7. The van der Waals surface area contributed by atoms with Crippen LogP contribution in [0.4, 0.5) is 0 Å². The number of piperidine rings is 1. The molecule has 0 bridgehead atoms. The lowest BCUT2D eigenvalue weighted by molar-refractivity contribution is -0.134. The molecule has 0 aliphatic carbocycles. The van der Waals surface area contributed by atoms with Gasteiger partial charge in [-0.15, -0.1) is 11.3 Å². The van der Waals surface area contributed by atoms with Crippen LogP contribution < -0.4 is 9.46 Å². The van der Waals surface area contributed by atoms with E-state index < -0.39 is 10.0 Å². The first-order valence-electron chi connectivity index (χ1n) is 8.44. The summed E-state index contributed by atoms with van der Waals surface area (Å²) >= 11 is 1.18. The summed E-state index contributed by atoms with van der Waals surface area (Å²) in [4.78, 5) is 14.0. The number of carbonyl (C=O) groups is 1. The fourth-order valence-corrected chi connectivity index (χ4v) is 5.12. The second kappa shape index (κ2) is 8.52. The zero-order valence-electron chi connectivity index (χ0n) is 14.5. The number of amides is 1. The predicted octanol–water partition coefficient (Wildman–Crippen LogP) is 1.97. The van der Waals surface area contributed by atoms with Gasteiger partial charge in [-0.25, -0.2) is 13.1 Å². The van der Waals surface area contributed by atoms with Crippen molar-refractivity contribution >= 4 is 27.3 Å². The highest BCUT2D eigenvalue weighted by Crippen LogP contribution is 2.19. The molecule has 3 rings (SSSR count). The van der Waals surface area contributed by atoms with Gasteiger partial charge in [0.1, 0.15) is 9.96 Å². The molecule has 1 aliphatic heterocycles. The van der Waals surface area contributed by atoms with E-state index in [2.05, 4.69) is 4.72 Å². The lowest BCUT2D eigenvalue weighted by Gasteiger charge is -2.32. The molecular weight excluding hydrogens is 386 g/mol. The SMILES string of the molecule is N#Cc1ccc(OCC(=O)N2CCC(NS(=O)(=O)c3cccs3)CC2)cc1. The molecule has 7 nitrogen and oxygen atoms in total. The van der Waals surface area contributed by atoms with Crippen LogP contribution in [0.25, 0.3) is 0 Å². The molecule has 0 atom stereocenters. The molecule has 27 heavy (non-hydrogen) atoms. The molecular formula is C18H19N3O4S2. The number of thiophene rings is 1. The molecule has 2 heterocycles. The Morgan fingerprint density at radius 2 is 1.96 bits per heavy atom. The number of hydrogen-bond acceptors (Lipinski definition) is 6. The van der Waals surface area contributed by atoms with Gasteiger partial charge < -0.3 is 9.64 Å². The Morgan fingerprint density at radius 3 is 2.56 bits per heavy atom. The number of hydrogen-bond donors (Lipinski definition) is 1. The van der Waals surface area contributed by atoms with Crippen molar-refractivity contribution in [1.29, 1.82) is 5.26 Å². The fourth-order valence-electron chi connectivity index (χ4n) is 2.80. The minimum atomic E-state index is -3.49. The van der Waals surface area contributed by atoms with Crippen LogP contribution in [-0.2, 0) is 14.8 Å². The number of ether oxygens (including phenoxy) is 1. The highest BCUT2D eigenvalue weighted by atomic mass is 32.2. The van der Waals surface area contributed by atoms with Crippen LogP contribution in [0.1, 0.15) is 18.4 Å². The van der Waals surface area contributed by atoms with Crippen LogP contribution in [0.5, 0.6) is 5.75 Å². The van der Waals surface area contributed by atoms with Crippen molar-refractivity contribution in [2.24, 2.45) is 0 Å². The van der Waals surface area contributed by atoms with Gasteiger partial charge in [-0.05, 0) is 48.6 Å². The van der Waals surface area contributed by atoms with Gasteiger partial charge in [-0.3, -0.25) is 4.79 Å². The van der Waals surface area contributed by atoms with Crippen molar-refractivity contribution in [2.75, 3.05) is 19.7 Å². The molecule has 142 valence electrons. The van der Waals surface area contributed by atoms with Crippen LogP contribution in [0.3, 0.4) is 0 Å². The van der Waals surface area contributed by atoms with Gasteiger partial charge in [0.15, 0.2) is 6.61 Å². The largest absolute Gasteiger partial charge is 0.484 e. The zero-order valence-corrected chi connectivity index (χ0v) is 16.1. The molecule has 1 amide bonds. The summed E-state index contributed by atoms with van der Waals surface area (Å²) in [7, 11) is -3.49. The number of nitriles is 1. The van der Waals surface area contributed by atoms with Gasteiger partial charge >= 0.3 is 0 Å². The number of benzene rings is 1. The lowest BCUT2D eigenvalue weighted by atomic mass is 10.1. The van der Waals surface area contributed by atoms with E-state index in [1.807, 2.05) is 6.07 Å². The number of nitrogens with one attached hydrogen (secondary N) is 1. The lowest BCUT2D eigenvalue weighted by Crippen LogP contribution is -2.47. The van der Waals surface area contributed by atoms with Crippen LogP contribution in [-0.4, -0.2) is 45.0 Å². The van der Waals surface area contributed by atoms with Crippen LogP contribution in [0.2, 0.25) is 0 Å². The summed E-state index contributed by atoms with van der Waals surface area (Å²) in [5.74, 6) is 0.389. The Kier molecular flexibility index (Phi) is 6.11. The van der Waals surface area contributed by atoms with Gasteiger partial charge in [-0.2, -0.15) is 5.26 Å². The maximum Gasteiger partial charge on any atom is 0.260 e. The average molecular weight is 406 g/mol. The Morgan fingerprint density at radius 1 is 1.26 bits per heavy atom. The number of sulfonamides is 1. The van der Waals surface area contributed by atoms with Gasteiger partial charge in [-0.1, -0.05) is 6.07 Å². The highest BCUT2D eigenvalue weighted by molar-refractivity contribution is 7.91. The van der Waals surface area contributed by atoms with Gasteiger partial charge in [0.2, 0.25) is 10.0 Å². The molecule has 0 radical (unpaired) electrons. The number of nitrogens with zero attached hydrogens (tertiary/aromatic N) is 2. The second-order valence-electron chi connectivity index (χ2n) is 6.13. The summed E-state index contributed by atoms with van der Waals surface area (Å²) in [6.07, 6.45) is 1.13. The topological polar surface area (TPSA) is 99.5 Å². The van der Waals surface area contributed by atoms with Crippen molar-refractivity contribution in [3.05, 3.63) is 47.3 Å². The third kappa shape index (κ3) is 5.07. The fraction of sp³-hybridized carbons (Fsp3) is 0.333. The molecule has 1 aliphatic rings. The number of rotatable bonds is 6. The summed E-state index contributed by atoms with van der Waals surface area (Å²) in [5.41, 5.74) is 0.528. The van der Waals surface area contributed by atoms with Gasteiger partial charge in [0.25, 0.3) is 5.91 Å². The molecule has 1 N–H and O–H groups in total. The third-order valence-electron chi connectivity index (χ3n) is 4.28. The first-order valence-corrected chi connectivity index (χ1v) is 10.8. The summed E-state index contributed by atoms with van der Waals surface area (Å²) < 4.78 is 33.0. The minimum absolute atomic E-state index is 0.0858. The average Bonchev–Trinajstić information content (AvgIpc) is 3.23. The van der Waals surface area contributed by atoms with E-state index in [0.717, 1.165) is 0 Å². The van der Waals surface area contributed by atoms with Crippen LogP contribution in [0.15, 0.2) is 46.0 Å². The van der Waals surface area contributed by atoms with E-state index in [9.17, 15) is 13.2 Å². The molecule has 2 aromatic rings. The molecule has 1 aromatic carbocycles. The molecule has 1 saturated heterocycles. The molecule has 9 heteroatoms. The van der Waals surface area contributed by atoms with Gasteiger partial charge in [0.05, 0.1) is 11.6 Å². The van der Waals surface area contributed by atoms with Gasteiger partial charge in [0, 0.05) is 19.1 Å². The molecule has 1 fully saturated rings. The van der Waals surface area contributed by atoms with E-state index in [1.165, 1.54) is 11.3 Å². The zero-order chi connectivity index (χ0) is 19.3. The van der Waals surface area contributed by atoms with E-state index in [-0.39, 0.29) is 18.6 Å². The highest BCUT2D eigenvalue weighted by Gasteiger charge is 2.27. The molecule has 0 spiro atoms. The van der Waals surface area contributed by atoms with Crippen molar-refractivity contribution in [3.8, 4) is 11.8 Å². The second-order valence-corrected chi connectivity index (χ2v) is 9.02. The molecule has 0 unspecified atom stereocenters. The Balaban J connectivity index is 1.45. The van der Waals surface area contributed by atoms with Crippen molar-refractivity contribution < 1.29 is 17.9 Å². The third-order valence-corrected chi connectivity index (χ3v) is 7.19. The van der Waals surface area contributed by atoms with E-state index in [0.29, 0.717) is 41.5 Å².